The van der Waals surface area contributed by atoms with E-state index in [4.69, 9.17) is 9.47 Å². The quantitative estimate of drug-likeness (QED) is 0.486. The minimum absolute atomic E-state index is 0.179. The molecule has 0 radical (unpaired) electrons. The van der Waals surface area contributed by atoms with Gasteiger partial charge < -0.3 is 9.47 Å². The summed E-state index contributed by atoms with van der Waals surface area (Å²) < 4.78 is 37.3. The van der Waals surface area contributed by atoms with Gasteiger partial charge in [-0.1, -0.05) is 30.0 Å². The molecule has 2 aromatic carbocycles. The smallest absolute Gasteiger partial charge is 0.424 e. The van der Waals surface area contributed by atoms with Crippen molar-refractivity contribution >= 4 is 22.1 Å². The second-order valence-corrected chi connectivity index (χ2v) is 11.1. The minimum atomic E-state index is -4.40. The van der Waals surface area contributed by atoms with E-state index in [1.807, 2.05) is 30.3 Å². The van der Waals surface area contributed by atoms with Crippen molar-refractivity contribution in [1.82, 2.24) is 4.31 Å². The lowest BCUT2D eigenvalue weighted by molar-refractivity contribution is -0.154. The number of ether oxygens (including phenoxy) is 2. The molecule has 0 spiro atoms. The molecule has 0 aliphatic heterocycles. The predicted octanol–water partition coefficient (Wildman–Crippen LogP) is 4.35. The van der Waals surface area contributed by atoms with Crippen LogP contribution in [0.15, 0.2) is 59.5 Å². The number of sulfonamides is 1. The van der Waals surface area contributed by atoms with Gasteiger partial charge in [-0.3, -0.25) is 4.79 Å². The maximum absolute atomic E-state index is 13.2. The molecule has 0 bridgehead atoms. The lowest BCUT2D eigenvalue weighted by Crippen LogP contribution is -2.44. The Morgan fingerprint density at radius 3 is 1.76 bits per heavy atom. The third-order valence-electron chi connectivity index (χ3n) is 3.86. The maximum atomic E-state index is 13.2. The average molecular weight is 472 g/mol. The highest BCUT2D eigenvalue weighted by atomic mass is 32.2. The fourth-order valence-corrected chi connectivity index (χ4v) is 3.80. The third kappa shape index (κ3) is 8.28. The highest BCUT2D eigenvalue weighted by molar-refractivity contribution is 7.89. The monoisotopic (exact) mass is 471 g/mol. The molecule has 0 aromatic heterocycles. The molecule has 0 fully saturated rings. The van der Waals surface area contributed by atoms with Crippen molar-refractivity contribution in [2.24, 2.45) is 0 Å². The third-order valence-corrected chi connectivity index (χ3v) is 5.58. The Hall–Kier alpha value is -3.31. The summed E-state index contributed by atoms with van der Waals surface area (Å²) in [5.74, 6) is 5.07. The van der Waals surface area contributed by atoms with E-state index in [-0.39, 0.29) is 4.90 Å². The number of hydrogen-bond acceptors (Lipinski definition) is 6. The van der Waals surface area contributed by atoms with Crippen LogP contribution in [0.25, 0.3) is 0 Å². The molecule has 8 heteroatoms. The lowest BCUT2D eigenvalue weighted by atomic mass is 10.2. The van der Waals surface area contributed by atoms with Gasteiger partial charge in [0.25, 0.3) is 10.0 Å². The molecular weight excluding hydrogens is 442 g/mol. The van der Waals surface area contributed by atoms with Crippen LogP contribution in [-0.4, -0.2) is 42.5 Å². The van der Waals surface area contributed by atoms with Gasteiger partial charge in [-0.05, 0) is 77.9 Å². The molecule has 0 N–H and O–H groups in total. The first kappa shape index (κ1) is 25.9. The van der Waals surface area contributed by atoms with Crippen LogP contribution >= 0.6 is 0 Å². The fourth-order valence-electron chi connectivity index (χ4n) is 2.55. The van der Waals surface area contributed by atoms with Crippen LogP contribution in [0, 0.1) is 11.8 Å². The van der Waals surface area contributed by atoms with Crippen molar-refractivity contribution in [2.75, 3.05) is 6.54 Å². The van der Waals surface area contributed by atoms with Crippen molar-refractivity contribution in [3.8, 4) is 11.8 Å². The summed E-state index contributed by atoms with van der Waals surface area (Å²) in [6.45, 7) is 8.92. The van der Waals surface area contributed by atoms with Crippen LogP contribution < -0.4 is 0 Å². The second kappa shape index (κ2) is 10.1. The number of amides is 1. The zero-order valence-electron chi connectivity index (χ0n) is 19.7. The molecule has 176 valence electrons. The molecule has 0 heterocycles. The number of carbonyl (C=O) groups is 2. The van der Waals surface area contributed by atoms with E-state index in [0.29, 0.717) is 9.87 Å². The number of nitrogens with zero attached hydrogens (tertiary/aromatic N) is 1. The summed E-state index contributed by atoms with van der Waals surface area (Å²) in [6, 6.07) is 15.1. The maximum Gasteiger partial charge on any atom is 0.424 e. The molecule has 0 aliphatic carbocycles. The molecular formula is C25H29NO6S. The van der Waals surface area contributed by atoms with E-state index >= 15 is 0 Å². The molecule has 7 nitrogen and oxygen atoms in total. The van der Waals surface area contributed by atoms with Gasteiger partial charge in [0.1, 0.15) is 17.7 Å². The minimum Gasteiger partial charge on any atom is -0.459 e. The summed E-state index contributed by atoms with van der Waals surface area (Å²) in [6.07, 6.45) is -1.17. The van der Waals surface area contributed by atoms with Crippen LogP contribution in [-0.2, 0) is 24.3 Å². The molecule has 2 aromatic rings. The van der Waals surface area contributed by atoms with Crippen LogP contribution in [0.5, 0.6) is 0 Å². The first-order valence-corrected chi connectivity index (χ1v) is 11.8. The lowest BCUT2D eigenvalue weighted by Gasteiger charge is -2.27. The van der Waals surface area contributed by atoms with Gasteiger partial charge in [0.2, 0.25) is 0 Å². The van der Waals surface area contributed by atoms with E-state index in [2.05, 4.69) is 11.8 Å². The zero-order chi connectivity index (χ0) is 24.9. The number of hydrogen-bond donors (Lipinski definition) is 0. The second-order valence-electron chi connectivity index (χ2n) is 9.22. The Labute approximate surface area is 195 Å². The molecule has 2 rings (SSSR count). The van der Waals surface area contributed by atoms with Gasteiger partial charge in [-0.15, -0.1) is 0 Å². The van der Waals surface area contributed by atoms with Crippen LogP contribution in [0.3, 0.4) is 0 Å². The first-order valence-electron chi connectivity index (χ1n) is 10.3. The first-order chi connectivity index (χ1) is 15.2. The van der Waals surface area contributed by atoms with E-state index in [1.54, 1.807) is 41.5 Å². The van der Waals surface area contributed by atoms with Crippen molar-refractivity contribution < 1.29 is 27.5 Å². The Morgan fingerprint density at radius 2 is 1.27 bits per heavy atom. The number of carbonyl (C=O) groups excluding carboxylic acids is 2. The van der Waals surface area contributed by atoms with E-state index in [1.165, 1.54) is 24.3 Å². The van der Waals surface area contributed by atoms with Crippen LogP contribution in [0.4, 0.5) is 4.79 Å². The Morgan fingerprint density at radius 1 is 0.788 bits per heavy atom. The van der Waals surface area contributed by atoms with Crippen LogP contribution in [0.2, 0.25) is 0 Å². The molecule has 33 heavy (non-hydrogen) atoms. The SMILES string of the molecule is CC(C)(C)OC(=O)CN(C(=O)OC(C)(C)C)S(=O)(=O)c1ccc(C#Cc2ccccc2)cc1. The molecule has 0 atom stereocenters. The van der Waals surface area contributed by atoms with Crippen molar-refractivity contribution in [3.63, 3.8) is 0 Å². The predicted molar refractivity (Wildman–Crippen MR) is 125 cm³/mol. The molecule has 0 saturated carbocycles. The fraction of sp³-hybridized carbons (Fsp3) is 0.360. The van der Waals surface area contributed by atoms with Gasteiger partial charge in [-0.2, -0.15) is 4.31 Å². The average Bonchev–Trinajstić information content (AvgIpc) is 2.69. The van der Waals surface area contributed by atoms with Crippen molar-refractivity contribution in [2.45, 2.75) is 57.6 Å². The van der Waals surface area contributed by atoms with Gasteiger partial charge in [-0.25, -0.2) is 13.2 Å². The molecule has 1 amide bonds. The standard InChI is InChI=1S/C25H29NO6S/c1-24(2,3)31-22(27)18-26(23(28)32-25(4,5)6)33(29,30)21-16-14-20(15-17-21)13-12-19-10-8-7-9-11-19/h7-11,14-17H,18H2,1-6H3. The van der Waals surface area contributed by atoms with E-state index in [0.717, 1.165) is 5.56 Å². The Bertz CT molecular complexity index is 1150. The van der Waals surface area contributed by atoms with Gasteiger partial charge in [0, 0.05) is 11.1 Å². The van der Waals surface area contributed by atoms with Crippen LogP contribution in [0.1, 0.15) is 52.7 Å². The number of esters is 1. The highest BCUT2D eigenvalue weighted by Crippen LogP contribution is 2.21. The summed E-state index contributed by atoms with van der Waals surface area (Å²) in [5.41, 5.74) is -0.397. The van der Waals surface area contributed by atoms with E-state index in [9.17, 15) is 18.0 Å². The van der Waals surface area contributed by atoms with Crippen molar-refractivity contribution in [1.29, 1.82) is 0 Å². The number of rotatable bonds is 4. The summed E-state index contributed by atoms with van der Waals surface area (Å²) >= 11 is 0. The highest BCUT2D eigenvalue weighted by Gasteiger charge is 2.36. The summed E-state index contributed by atoms with van der Waals surface area (Å²) in [5, 5.41) is 0. The molecule has 0 unspecified atom stereocenters. The topological polar surface area (TPSA) is 90.0 Å². The van der Waals surface area contributed by atoms with Gasteiger partial charge >= 0.3 is 12.1 Å². The van der Waals surface area contributed by atoms with E-state index < -0.39 is 39.8 Å². The van der Waals surface area contributed by atoms with Gasteiger partial charge in [0.15, 0.2) is 0 Å². The molecule has 0 aliphatic rings. The van der Waals surface area contributed by atoms with Gasteiger partial charge in [0.05, 0.1) is 4.90 Å². The summed E-state index contributed by atoms with van der Waals surface area (Å²) in [7, 11) is -4.40. The largest absolute Gasteiger partial charge is 0.459 e. The number of benzene rings is 2. The Balaban J connectivity index is 2.33. The van der Waals surface area contributed by atoms with Crippen molar-refractivity contribution in [3.05, 3.63) is 65.7 Å². The zero-order valence-corrected chi connectivity index (χ0v) is 20.5. The molecule has 0 saturated heterocycles. The normalized spacial score (nSPS) is 11.7. The summed E-state index contributed by atoms with van der Waals surface area (Å²) in [4.78, 5) is 24.9. The Kier molecular flexibility index (Phi) is 7.93.